The minimum absolute atomic E-state index is 0.0450. The molecule has 0 amide bonds. The standard InChI is InChI=1S/C45H31NO/c1-45(2)41-13-7-5-11-37(41)40-26-31(19-24-42(40)45)46(32-18-23-39-38-12-6-8-14-43(38)47-44(39)27-32)30-17-22-34-29(25-30)16-21-35-33-10-4-3-9-28(33)15-20-36(34)35/h3-27H,1-2H3. The highest BCUT2D eigenvalue weighted by molar-refractivity contribution is 6.17. The third kappa shape index (κ3) is 3.79. The smallest absolute Gasteiger partial charge is 0.137 e. The summed E-state index contributed by atoms with van der Waals surface area (Å²) in [4.78, 5) is 2.38. The van der Waals surface area contributed by atoms with Gasteiger partial charge in [-0.2, -0.15) is 0 Å². The van der Waals surface area contributed by atoms with Crippen LogP contribution in [-0.2, 0) is 5.41 Å². The molecular formula is C45H31NO. The topological polar surface area (TPSA) is 16.4 Å². The lowest BCUT2D eigenvalue weighted by Crippen LogP contribution is -2.15. The van der Waals surface area contributed by atoms with Gasteiger partial charge in [0.2, 0.25) is 0 Å². The minimum atomic E-state index is -0.0450. The number of anilines is 3. The van der Waals surface area contributed by atoms with Crippen molar-refractivity contribution in [1.29, 1.82) is 0 Å². The largest absolute Gasteiger partial charge is 0.456 e. The molecule has 0 aliphatic heterocycles. The molecule has 0 unspecified atom stereocenters. The number of nitrogens with zero attached hydrogens (tertiary/aromatic N) is 1. The molecule has 10 rings (SSSR count). The fourth-order valence-electron chi connectivity index (χ4n) is 8.10. The van der Waals surface area contributed by atoms with Gasteiger partial charge in [0.25, 0.3) is 0 Å². The fourth-order valence-corrected chi connectivity index (χ4v) is 8.10. The van der Waals surface area contributed by atoms with Gasteiger partial charge in [-0.1, -0.05) is 117 Å². The van der Waals surface area contributed by atoms with Crippen molar-refractivity contribution in [3.63, 3.8) is 0 Å². The van der Waals surface area contributed by atoms with E-state index in [1.54, 1.807) is 0 Å². The monoisotopic (exact) mass is 601 g/mol. The first-order valence-corrected chi connectivity index (χ1v) is 16.3. The molecule has 2 nitrogen and oxygen atoms in total. The quantitative estimate of drug-likeness (QED) is 0.187. The van der Waals surface area contributed by atoms with E-state index in [1.807, 2.05) is 12.1 Å². The molecular weight excluding hydrogens is 571 g/mol. The molecule has 0 spiro atoms. The Morgan fingerprint density at radius 1 is 0.404 bits per heavy atom. The van der Waals surface area contributed by atoms with Crippen LogP contribution in [0.1, 0.15) is 25.0 Å². The van der Waals surface area contributed by atoms with Crippen molar-refractivity contribution >= 4 is 71.3 Å². The lowest BCUT2D eigenvalue weighted by atomic mass is 9.82. The highest BCUT2D eigenvalue weighted by atomic mass is 16.3. The van der Waals surface area contributed by atoms with Crippen molar-refractivity contribution in [2.45, 2.75) is 19.3 Å². The van der Waals surface area contributed by atoms with Gasteiger partial charge >= 0.3 is 0 Å². The summed E-state index contributed by atoms with van der Waals surface area (Å²) in [7, 11) is 0. The Kier molecular flexibility index (Phi) is 5.37. The Hall–Kier alpha value is -5.86. The van der Waals surface area contributed by atoms with Crippen molar-refractivity contribution in [3.05, 3.63) is 163 Å². The molecule has 0 saturated heterocycles. The summed E-state index contributed by atoms with van der Waals surface area (Å²) in [6.45, 7) is 4.67. The summed E-state index contributed by atoms with van der Waals surface area (Å²) in [6.07, 6.45) is 0. The first-order chi connectivity index (χ1) is 23.0. The molecule has 1 heterocycles. The molecule has 0 fully saturated rings. The van der Waals surface area contributed by atoms with Crippen molar-refractivity contribution in [2.75, 3.05) is 4.90 Å². The number of furan rings is 1. The van der Waals surface area contributed by atoms with E-state index in [9.17, 15) is 0 Å². The van der Waals surface area contributed by atoms with E-state index in [0.717, 1.165) is 39.0 Å². The van der Waals surface area contributed by atoms with E-state index in [-0.39, 0.29) is 5.41 Å². The Morgan fingerprint density at radius 2 is 0.979 bits per heavy atom. The number of hydrogen-bond donors (Lipinski definition) is 0. The van der Waals surface area contributed by atoms with Crippen molar-refractivity contribution < 1.29 is 4.42 Å². The van der Waals surface area contributed by atoms with Crippen molar-refractivity contribution in [2.24, 2.45) is 0 Å². The van der Waals surface area contributed by atoms with Gasteiger partial charge in [0, 0.05) is 39.3 Å². The Balaban J connectivity index is 1.20. The van der Waals surface area contributed by atoms with E-state index in [1.165, 1.54) is 54.6 Å². The van der Waals surface area contributed by atoms with Crippen LogP contribution in [-0.4, -0.2) is 0 Å². The molecule has 0 N–H and O–H groups in total. The Bertz CT molecular complexity index is 2730. The molecule has 0 atom stereocenters. The van der Waals surface area contributed by atoms with Crippen LogP contribution in [0.3, 0.4) is 0 Å². The molecule has 222 valence electrons. The van der Waals surface area contributed by atoms with Crippen LogP contribution in [0.25, 0.3) is 65.4 Å². The van der Waals surface area contributed by atoms with Gasteiger partial charge in [-0.3, -0.25) is 0 Å². The zero-order valence-electron chi connectivity index (χ0n) is 26.3. The minimum Gasteiger partial charge on any atom is -0.456 e. The SMILES string of the molecule is CC1(C)c2ccccc2-c2cc(N(c3ccc4c(ccc5c6ccccc6ccc45)c3)c3ccc4c(c3)oc3ccccc34)ccc21. The molecule has 9 aromatic rings. The van der Waals surface area contributed by atoms with Crippen LogP contribution in [0.2, 0.25) is 0 Å². The molecule has 2 heteroatoms. The van der Waals surface area contributed by atoms with Crippen molar-refractivity contribution in [3.8, 4) is 11.1 Å². The van der Waals surface area contributed by atoms with Gasteiger partial charge in [-0.25, -0.2) is 0 Å². The van der Waals surface area contributed by atoms with Crippen LogP contribution < -0.4 is 4.90 Å². The highest BCUT2D eigenvalue weighted by Crippen LogP contribution is 2.51. The normalized spacial score (nSPS) is 13.5. The second-order valence-electron chi connectivity index (χ2n) is 13.4. The maximum Gasteiger partial charge on any atom is 0.137 e. The molecule has 0 bridgehead atoms. The number of para-hydroxylation sites is 1. The fraction of sp³-hybridized carbons (Fsp3) is 0.0667. The summed E-state index contributed by atoms with van der Waals surface area (Å²) in [5, 5.41) is 9.87. The van der Waals surface area contributed by atoms with Crippen molar-refractivity contribution in [1.82, 2.24) is 0 Å². The zero-order valence-corrected chi connectivity index (χ0v) is 26.3. The second kappa shape index (κ2) is 9.57. The first kappa shape index (κ1) is 26.4. The predicted octanol–water partition coefficient (Wildman–Crippen LogP) is 12.8. The summed E-state index contributed by atoms with van der Waals surface area (Å²) in [5.41, 5.74) is 10.4. The highest BCUT2D eigenvalue weighted by Gasteiger charge is 2.35. The van der Waals surface area contributed by atoms with Gasteiger partial charge in [-0.15, -0.1) is 0 Å². The second-order valence-corrected chi connectivity index (χ2v) is 13.4. The summed E-state index contributed by atoms with van der Waals surface area (Å²) < 4.78 is 6.39. The summed E-state index contributed by atoms with van der Waals surface area (Å²) in [5.74, 6) is 0. The number of hydrogen-bond acceptors (Lipinski definition) is 2. The predicted molar refractivity (Wildman–Crippen MR) is 198 cm³/mol. The maximum atomic E-state index is 6.39. The molecule has 0 saturated carbocycles. The molecule has 47 heavy (non-hydrogen) atoms. The maximum absolute atomic E-state index is 6.39. The Labute approximate surface area is 273 Å². The van der Waals surface area contributed by atoms with Gasteiger partial charge in [0.05, 0.1) is 0 Å². The average molecular weight is 602 g/mol. The van der Waals surface area contributed by atoms with Gasteiger partial charge in [-0.05, 0) is 97.0 Å². The molecule has 8 aromatic carbocycles. The van der Waals surface area contributed by atoms with Gasteiger partial charge in [0.1, 0.15) is 11.2 Å². The summed E-state index contributed by atoms with van der Waals surface area (Å²) >= 11 is 0. The number of rotatable bonds is 3. The first-order valence-electron chi connectivity index (χ1n) is 16.3. The molecule has 1 aromatic heterocycles. The van der Waals surface area contributed by atoms with Gasteiger partial charge in [0.15, 0.2) is 0 Å². The zero-order chi connectivity index (χ0) is 31.3. The molecule has 0 radical (unpaired) electrons. The number of fused-ring (bicyclic) bond motifs is 11. The van der Waals surface area contributed by atoms with Gasteiger partial charge < -0.3 is 9.32 Å². The van der Waals surface area contributed by atoms with E-state index in [2.05, 4.69) is 158 Å². The van der Waals surface area contributed by atoms with E-state index in [0.29, 0.717) is 0 Å². The van der Waals surface area contributed by atoms with Crippen LogP contribution in [0.15, 0.2) is 156 Å². The number of benzene rings is 8. The lowest BCUT2D eigenvalue weighted by molar-refractivity contribution is 0.660. The van der Waals surface area contributed by atoms with Crippen LogP contribution in [0.5, 0.6) is 0 Å². The Morgan fingerprint density at radius 3 is 1.85 bits per heavy atom. The van der Waals surface area contributed by atoms with E-state index >= 15 is 0 Å². The average Bonchev–Trinajstić information content (AvgIpc) is 3.59. The third-order valence-corrected chi connectivity index (χ3v) is 10.4. The van der Waals surface area contributed by atoms with Crippen LogP contribution in [0, 0.1) is 0 Å². The van der Waals surface area contributed by atoms with Crippen LogP contribution in [0.4, 0.5) is 17.1 Å². The lowest BCUT2D eigenvalue weighted by Gasteiger charge is -2.27. The van der Waals surface area contributed by atoms with E-state index < -0.39 is 0 Å². The van der Waals surface area contributed by atoms with Crippen LogP contribution >= 0.6 is 0 Å². The summed E-state index contributed by atoms with van der Waals surface area (Å²) in [6, 6.07) is 55.4. The third-order valence-electron chi connectivity index (χ3n) is 10.4. The molecule has 1 aliphatic rings. The van der Waals surface area contributed by atoms with E-state index in [4.69, 9.17) is 4.42 Å². The molecule has 1 aliphatic carbocycles.